The number of urea groups is 1. The second kappa shape index (κ2) is 5.95. The van der Waals surface area contributed by atoms with Gasteiger partial charge >= 0.3 is 6.03 Å². The Balaban J connectivity index is 1.69. The number of methoxy groups -OCH3 is 1. The van der Waals surface area contributed by atoms with Crippen LogP contribution in [-0.4, -0.2) is 13.1 Å². The fourth-order valence-corrected chi connectivity index (χ4v) is 2.33. The fraction of sp³-hybridized carbons (Fsp3) is 0.188. The van der Waals surface area contributed by atoms with Crippen molar-refractivity contribution in [1.29, 1.82) is 0 Å². The monoisotopic (exact) mass is 298 g/mol. The second-order valence-corrected chi connectivity index (χ2v) is 5.04. The van der Waals surface area contributed by atoms with Crippen molar-refractivity contribution in [3.63, 3.8) is 0 Å². The van der Waals surface area contributed by atoms with E-state index in [0.717, 1.165) is 28.3 Å². The highest BCUT2D eigenvalue weighted by Crippen LogP contribution is 2.32. The largest absolute Gasteiger partial charge is 0.497 e. The summed E-state index contributed by atoms with van der Waals surface area (Å²) in [5.74, 6) is 0.732. The van der Waals surface area contributed by atoms with Crippen LogP contribution in [0.15, 0.2) is 42.5 Å². The minimum absolute atomic E-state index is 0.223. The molecule has 0 unspecified atom stereocenters. The zero-order valence-corrected chi connectivity index (χ0v) is 12.5. The molecular formula is C16H18N4O2. The van der Waals surface area contributed by atoms with E-state index >= 15 is 0 Å². The fourth-order valence-electron chi connectivity index (χ4n) is 2.33. The van der Waals surface area contributed by atoms with Gasteiger partial charge in [-0.3, -0.25) is 0 Å². The van der Waals surface area contributed by atoms with Gasteiger partial charge in [0.1, 0.15) is 5.75 Å². The quantitative estimate of drug-likeness (QED) is 0.815. The first kappa shape index (κ1) is 14.2. The van der Waals surface area contributed by atoms with Crippen molar-refractivity contribution in [1.82, 2.24) is 10.9 Å². The van der Waals surface area contributed by atoms with Crippen LogP contribution < -0.4 is 26.0 Å². The predicted octanol–water partition coefficient (Wildman–Crippen LogP) is 2.56. The molecule has 6 nitrogen and oxygen atoms in total. The van der Waals surface area contributed by atoms with Gasteiger partial charge in [0.05, 0.1) is 18.5 Å². The third-order valence-electron chi connectivity index (χ3n) is 3.64. The number of nitrogens with one attached hydrogen (secondary N) is 3. The number of hydrogen-bond donors (Lipinski definition) is 3. The Morgan fingerprint density at radius 3 is 2.86 bits per heavy atom. The summed E-state index contributed by atoms with van der Waals surface area (Å²) >= 11 is 0. The summed E-state index contributed by atoms with van der Waals surface area (Å²) in [5.41, 5.74) is 9.59. The number of benzene rings is 2. The number of carbonyl (C=O) groups excluding carboxylic acids is 1. The summed E-state index contributed by atoms with van der Waals surface area (Å²) in [6.45, 7) is 2.51. The van der Waals surface area contributed by atoms with Gasteiger partial charge in [-0.15, -0.1) is 5.53 Å². The lowest BCUT2D eigenvalue weighted by Crippen LogP contribution is -2.46. The van der Waals surface area contributed by atoms with Crippen molar-refractivity contribution >= 4 is 17.4 Å². The average molecular weight is 298 g/mol. The number of aryl methyl sites for hydroxylation is 1. The van der Waals surface area contributed by atoms with Crippen LogP contribution in [0.5, 0.6) is 5.75 Å². The number of hydrogen-bond acceptors (Lipinski definition) is 4. The van der Waals surface area contributed by atoms with E-state index in [0.29, 0.717) is 6.54 Å². The molecular weight excluding hydrogens is 280 g/mol. The normalized spacial score (nSPS) is 12.5. The van der Waals surface area contributed by atoms with Crippen molar-refractivity contribution in [2.45, 2.75) is 13.5 Å². The lowest BCUT2D eigenvalue weighted by molar-refractivity contribution is 0.244. The van der Waals surface area contributed by atoms with Crippen LogP contribution in [0.3, 0.4) is 0 Å². The van der Waals surface area contributed by atoms with Gasteiger partial charge in [0, 0.05) is 12.6 Å². The third kappa shape index (κ3) is 2.68. The zero-order valence-electron chi connectivity index (χ0n) is 12.5. The molecule has 0 spiro atoms. The lowest BCUT2D eigenvalue weighted by atomic mass is 10.1. The van der Waals surface area contributed by atoms with Gasteiger partial charge in [0.25, 0.3) is 0 Å². The van der Waals surface area contributed by atoms with Crippen LogP contribution in [0.25, 0.3) is 0 Å². The molecule has 0 bridgehead atoms. The Morgan fingerprint density at radius 1 is 1.27 bits per heavy atom. The van der Waals surface area contributed by atoms with Gasteiger partial charge in [-0.1, -0.05) is 24.3 Å². The highest BCUT2D eigenvalue weighted by Gasteiger charge is 2.24. The van der Waals surface area contributed by atoms with E-state index in [4.69, 9.17) is 4.74 Å². The van der Waals surface area contributed by atoms with Gasteiger partial charge in [0.15, 0.2) is 0 Å². The summed E-state index contributed by atoms with van der Waals surface area (Å²) in [6, 6.07) is 13.2. The number of ether oxygens (including phenoxy) is 1. The molecule has 3 N–H and O–H groups in total. The van der Waals surface area contributed by atoms with Gasteiger partial charge in [-0.25, -0.2) is 9.80 Å². The summed E-state index contributed by atoms with van der Waals surface area (Å²) < 4.78 is 5.17. The Hall–Kier alpha value is -2.73. The van der Waals surface area contributed by atoms with Crippen molar-refractivity contribution in [3.8, 4) is 5.75 Å². The van der Waals surface area contributed by atoms with E-state index in [1.54, 1.807) is 7.11 Å². The van der Waals surface area contributed by atoms with Gasteiger partial charge in [-0.05, 0) is 30.2 Å². The minimum Gasteiger partial charge on any atom is -0.497 e. The molecule has 0 atom stereocenters. The average Bonchev–Trinajstić information content (AvgIpc) is 2.96. The van der Waals surface area contributed by atoms with Crippen molar-refractivity contribution in [2.75, 3.05) is 17.5 Å². The Labute approximate surface area is 129 Å². The molecule has 3 rings (SSSR count). The molecule has 0 fully saturated rings. The molecule has 2 aromatic carbocycles. The van der Waals surface area contributed by atoms with E-state index in [1.165, 1.54) is 5.01 Å². The highest BCUT2D eigenvalue weighted by atomic mass is 16.5. The highest BCUT2D eigenvalue weighted by molar-refractivity contribution is 5.97. The van der Waals surface area contributed by atoms with E-state index in [2.05, 4.69) is 16.3 Å². The molecule has 2 amide bonds. The van der Waals surface area contributed by atoms with Crippen molar-refractivity contribution in [3.05, 3.63) is 53.6 Å². The number of nitrogens with zero attached hydrogens (tertiary/aromatic N) is 1. The molecule has 22 heavy (non-hydrogen) atoms. The number of rotatable bonds is 3. The molecule has 2 aromatic rings. The molecule has 1 aliphatic rings. The first-order valence-corrected chi connectivity index (χ1v) is 7.01. The third-order valence-corrected chi connectivity index (χ3v) is 3.64. The standard InChI is InChI=1S/C16H18N4O2/c1-11-5-3-4-6-12(11)10-17-16(21)20-15-8-7-13(22-2)9-14(15)18-19-20/h3-9,18-19H,10H2,1-2H3,(H,17,21). The molecule has 1 aliphatic heterocycles. The lowest BCUT2D eigenvalue weighted by Gasteiger charge is -2.17. The van der Waals surface area contributed by atoms with Crippen molar-refractivity contribution < 1.29 is 9.53 Å². The van der Waals surface area contributed by atoms with Crippen LogP contribution in [-0.2, 0) is 6.54 Å². The van der Waals surface area contributed by atoms with E-state index < -0.39 is 0 Å². The Bertz CT molecular complexity index is 702. The molecule has 0 aromatic heterocycles. The van der Waals surface area contributed by atoms with E-state index in [9.17, 15) is 4.79 Å². The number of hydrazine groups is 2. The van der Waals surface area contributed by atoms with Gasteiger partial charge in [-0.2, -0.15) is 0 Å². The number of amides is 2. The van der Waals surface area contributed by atoms with Crippen molar-refractivity contribution in [2.24, 2.45) is 0 Å². The van der Waals surface area contributed by atoms with Crippen LogP contribution in [0.2, 0.25) is 0 Å². The molecule has 114 valence electrons. The second-order valence-electron chi connectivity index (χ2n) is 5.04. The maximum Gasteiger partial charge on any atom is 0.338 e. The van der Waals surface area contributed by atoms with Crippen LogP contribution in [0.1, 0.15) is 11.1 Å². The maximum atomic E-state index is 12.3. The number of carbonyl (C=O) groups is 1. The first-order valence-electron chi connectivity index (χ1n) is 7.01. The smallest absolute Gasteiger partial charge is 0.338 e. The number of anilines is 2. The maximum absolute atomic E-state index is 12.3. The van der Waals surface area contributed by atoms with Gasteiger partial charge in [0.2, 0.25) is 0 Å². The van der Waals surface area contributed by atoms with E-state index in [1.807, 2.05) is 49.4 Å². The first-order chi connectivity index (χ1) is 10.7. The molecule has 6 heteroatoms. The molecule has 0 saturated carbocycles. The Morgan fingerprint density at radius 2 is 2.09 bits per heavy atom. The SMILES string of the molecule is COc1ccc2c(c1)NNN2C(=O)NCc1ccccc1C. The summed E-state index contributed by atoms with van der Waals surface area (Å²) in [6.07, 6.45) is 0. The minimum atomic E-state index is -0.223. The predicted molar refractivity (Wildman–Crippen MR) is 85.6 cm³/mol. The topological polar surface area (TPSA) is 65.6 Å². The van der Waals surface area contributed by atoms with E-state index in [-0.39, 0.29) is 6.03 Å². The summed E-state index contributed by atoms with van der Waals surface area (Å²) in [7, 11) is 1.61. The van der Waals surface area contributed by atoms with Crippen LogP contribution >= 0.6 is 0 Å². The molecule has 0 saturated heterocycles. The van der Waals surface area contributed by atoms with Crippen LogP contribution in [0.4, 0.5) is 16.2 Å². The Kier molecular flexibility index (Phi) is 3.84. The zero-order chi connectivity index (χ0) is 15.5. The molecule has 0 radical (unpaired) electrons. The molecule has 1 heterocycles. The number of fused-ring (bicyclic) bond motifs is 1. The van der Waals surface area contributed by atoms with Crippen LogP contribution in [0, 0.1) is 6.92 Å². The summed E-state index contributed by atoms with van der Waals surface area (Å²) in [5, 5.41) is 4.34. The van der Waals surface area contributed by atoms with Gasteiger partial charge < -0.3 is 15.5 Å². The molecule has 0 aliphatic carbocycles. The summed E-state index contributed by atoms with van der Waals surface area (Å²) in [4.78, 5) is 12.3.